The van der Waals surface area contributed by atoms with Crippen molar-refractivity contribution in [3.8, 4) is 0 Å². The maximum Gasteiger partial charge on any atom is 0.203 e. The Morgan fingerprint density at radius 3 is 1.44 bits per heavy atom. The molecular weight excluding hydrogens is 246 g/mol. The second-order valence-corrected chi connectivity index (χ2v) is 7.01. The van der Waals surface area contributed by atoms with Crippen LogP contribution in [0.2, 0.25) is 0 Å². The minimum Gasteiger partial charge on any atom is -0.215 e. The van der Waals surface area contributed by atoms with E-state index < -0.39 is 10.9 Å². The topological polar surface area (TPSA) is 37.4 Å². The molecule has 0 radical (unpaired) electrons. The summed E-state index contributed by atoms with van der Waals surface area (Å²) in [6.07, 6.45) is 6.62. The van der Waals surface area contributed by atoms with Crippen molar-refractivity contribution < 1.29 is 8.42 Å². The summed E-state index contributed by atoms with van der Waals surface area (Å²) < 4.78 is 23.9. The lowest BCUT2D eigenvalue weighted by atomic mass is 10.1. The van der Waals surface area contributed by atoms with Crippen molar-refractivity contribution in [1.29, 1.82) is 0 Å². The standard InChI is InChI=1S/C14H31NO2S/c1-13(2)9-5-7-11-15(18(16)17)12-8-6-10-14(3)4/h13-14,18H,5-12H2,1-4H3. The molecule has 0 spiro atoms. The van der Waals surface area contributed by atoms with E-state index in [1.54, 1.807) is 4.31 Å². The highest BCUT2D eigenvalue weighted by molar-refractivity contribution is 7.69. The van der Waals surface area contributed by atoms with Crippen molar-refractivity contribution in [2.75, 3.05) is 13.1 Å². The van der Waals surface area contributed by atoms with Gasteiger partial charge < -0.3 is 0 Å². The van der Waals surface area contributed by atoms with E-state index in [-0.39, 0.29) is 0 Å². The molecule has 0 aliphatic carbocycles. The van der Waals surface area contributed by atoms with E-state index in [0.717, 1.165) is 25.7 Å². The molecule has 18 heavy (non-hydrogen) atoms. The first-order chi connectivity index (χ1) is 8.43. The molecule has 0 atom stereocenters. The molecule has 4 heteroatoms. The molecule has 0 fully saturated rings. The van der Waals surface area contributed by atoms with Crippen molar-refractivity contribution in [2.45, 2.75) is 66.2 Å². The number of unbranched alkanes of at least 4 members (excludes halogenated alkanes) is 2. The maximum atomic E-state index is 11.1. The first-order valence-corrected chi connectivity index (χ1v) is 8.45. The van der Waals surface area contributed by atoms with Crippen LogP contribution in [0, 0.1) is 11.8 Å². The number of rotatable bonds is 11. The quantitative estimate of drug-likeness (QED) is 0.464. The molecular formula is C14H31NO2S. The van der Waals surface area contributed by atoms with Crippen LogP contribution in [0.15, 0.2) is 0 Å². The Morgan fingerprint density at radius 2 is 1.17 bits per heavy atom. The molecule has 0 aromatic carbocycles. The van der Waals surface area contributed by atoms with Crippen molar-refractivity contribution >= 4 is 10.9 Å². The minimum absolute atomic E-state index is 0.701. The monoisotopic (exact) mass is 277 g/mol. The van der Waals surface area contributed by atoms with Crippen LogP contribution >= 0.6 is 0 Å². The van der Waals surface area contributed by atoms with E-state index in [9.17, 15) is 8.42 Å². The van der Waals surface area contributed by atoms with Gasteiger partial charge in [0.1, 0.15) is 0 Å². The molecule has 0 bridgehead atoms. The van der Waals surface area contributed by atoms with Crippen LogP contribution in [0.1, 0.15) is 66.2 Å². The first-order valence-electron chi connectivity index (χ1n) is 7.32. The summed E-state index contributed by atoms with van der Waals surface area (Å²) in [5.74, 6) is 1.43. The summed E-state index contributed by atoms with van der Waals surface area (Å²) >= 11 is 0. The normalized spacial score (nSPS) is 12.2. The third-order valence-electron chi connectivity index (χ3n) is 3.13. The van der Waals surface area contributed by atoms with Gasteiger partial charge in [0.25, 0.3) is 0 Å². The van der Waals surface area contributed by atoms with Gasteiger partial charge in [-0.1, -0.05) is 53.4 Å². The smallest absolute Gasteiger partial charge is 0.203 e. The molecule has 3 nitrogen and oxygen atoms in total. The number of thiol groups is 1. The van der Waals surface area contributed by atoms with Gasteiger partial charge >= 0.3 is 0 Å². The van der Waals surface area contributed by atoms with Crippen molar-refractivity contribution in [2.24, 2.45) is 11.8 Å². The molecule has 0 unspecified atom stereocenters. The summed E-state index contributed by atoms with van der Waals surface area (Å²) in [6, 6.07) is 0. The fraction of sp³-hybridized carbons (Fsp3) is 1.00. The summed E-state index contributed by atoms with van der Waals surface area (Å²) in [6.45, 7) is 10.2. The van der Waals surface area contributed by atoms with Gasteiger partial charge in [0.15, 0.2) is 0 Å². The van der Waals surface area contributed by atoms with Crippen LogP contribution in [-0.4, -0.2) is 25.8 Å². The predicted molar refractivity (Wildman–Crippen MR) is 79.3 cm³/mol. The van der Waals surface area contributed by atoms with Crippen molar-refractivity contribution in [3.63, 3.8) is 0 Å². The Labute approximate surface area is 115 Å². The van der Waals surface area contributed by atoms with Crippen LogP contribution in [0.25, 0.3) is 0 Å². The molecule has 0 aliphatic heterocycles. The van der Waals surface area contributed by atoms with Crippen LogP contribution < -0.4 is 0 Å². The molecule has 0 heterocycles. The Kier molecular flexibility index (Phi) is 10.7. The Bertz CT molecular complexity index is 239. The van der Waals surface area contributed by atoms with Gasteiger partial charge in [0.2, 0.25) is 10.9 Å². The highest BCUT2D eigenvalue weighted by Crippen LogP contribution is 2.09. The van der Waals surface area contributed by atoms with Gasteiger partial charge in [-0.05, 0) is 24.7 Å². The van der Waals surface area contributed by atoms with Crippen LogP contribution in [0.3, 0.4) is 0 Å². The van der Waals surface area contributed by atoms with Gasteiger partial charge in [0, 0.05) is 13.1 Å². The molecule has 0 saturated heterocycles. The summed E-state index contributed by atoms with van der Waals surface area (Å²) in [5.41, 5.74) is 0. The maximum absolute atomic E-state index is 11.1. The Balaban J connectivity index is 3.72. The van der Waals surface area contributed by atoms with Crippen molar-refractivity contribution in [1.82, 2.24) is 4.31 Å². The molecule has 0 aromatic rings. The van der Waals surface area contributed by atoms with E-state index in [1.807, 2.05) is 0 Å². The summed E-state index contributed by atoms with van der Waals surface area (Å²) in [4.78, 5) is 0. The molecule has 0 saturated carbocycles. The third kappa shape index (κ3) is 11.0. The zero-order chi connectivity index (χ0) is 14.0. The molecule has 0 rings (SSSR count). The fourth-order valence-corrected chi connectivity index (χ4v) is 2.58. The molecule has 0 aliphatic rings. The molecule has 0 aromatic heterocycles. The van der Waals surface area contributed by atoms with Gasteiger partial charge in [-0.15, -0.1) is 0 Å². The first kappa shape index (κ1) is 17.9. The zero-order valence-corrected chi connectivity index (χ0v) is 13.4. The number of nitrogens with zero attached hydrogens (tertiary/aromatic N) is 1. The third-order valence-corrected chi connectivity index (χ3v) is 3.99. The van der Waals surface area contributed by atoms with E-state index in [1.165, 1.54) is 12.8 Å². The second-order valence-electron chi connectivity index (χ2n) is 5.97. The number of hydrogen-bond donors (Lipinski definition) is 1. The summed E-state index contributed by atoms with van der Waals surface area (Å²) in [7, 11) is -2.39. The summed E-state index contributed by atoms with van der Waals surface area (Å²) in [5, 5.41) is 0. The molecule has 110 valence electrons. The second kappa shape index (κ2) is 10.8. The van der Waals surface area contributed by atoms with Gasteiger partial charge in [-0.25, -0.2) is 12.7 Å². The Morgan fingerprint density at radius 1 is 0.778 bits per heavy atom. The van der Waals surface area contributed by atoms with Gasteiger partial charge in [0.05, 0.1) is 0 Å². The van der Waals surface area contributed by atoms with Gasteiger partial charge in [-0.3, -0.25) is 0 Å². The Hall–Kier alpha value is -0.0900. The molecule has 0 N–H and O–H groups in total. The van der Waals surface area contributed by atoms with E-state index >= 15 is 0 Å². The average Bonchev–Trinajstić information content (AvgIpc) is 2.25. The fourth-order valence-electron chi connectivity index (χ4n) is 1.97. The highest BCUT2D eigenvalue weighted by atomic mass is 32.2. The largest absolute Gasteiger partial charge is 0.215 e. The lowest BCUT2D eigenvalue weighted by Crippen LogP contribution is -2.24. The predicted octanol–water partition coefficient (Wildman–Crippen LogP) is 3.47. The average molecular weight is 277 g/mol. The van der Waals surface area contributed by atoms with Crippen LogP contribution in [0.5, 0.6) is 0 Å². The lowest BCUT2D eigenvalue weighted by Gasteiger charge is -2.15. The number of hydrogen-bond acceptors (Lipinski definition) is 2. The van der Waals surface area contributed by atoms with Crippen LogP contribution in [-0.2, 0) is 10.9 Å². The van der Waals surface area contributed by atoms with Crippen LogP contribution in [0.4, 0.5) is 0 Å². The van der Waals surface area contributed by atoms with E-state index in [0.29, 0.717) is 24.9 Å². The lowest BCUT2D eigenvalue weighted by molar-refractivity contribution is 0.385. The van der Waals surface area contributed by atoms with Gasteiger partial charge in [-0.2, -0.15) is 0 Å². The van der Waals surface area contributed by atoms with Crippen molar-refractivity contribution in [3.05, 3.63) is 0 Å². The molecule has 0 amide bonds. The minimum atomic E-state index is -2.39. The SMILES string of the molecule is CC(C)CCCCN(CCCCC(C)C)[SH](=O)=O. The zero-order valence-electron chi connectivity index (χ0n) is 12.5. The van der Waals surface area contributed by atoms with E-state index in [2.05, 4.69) is 27.7 Å². The van der Waals surface area contributed by atoms with E-state index in [4.69, 9.17) is 0 Å². The highest BCUT2D eigenvalue weighted by Gasteiger charge is 2.07.